The van der Waals surface area contributed by atoms with Gasteiger partial charge < -0.3 is 5.32 Å². The van der Waals surface area contributed by atoms with Gasteiger partial charge in [0.2, 0.25) is 0 Å². The summed E-state index contributed by atoms with van der Waals surface area (Å²) in [7, 11) is 0. The van der Waals surface area contributed by atoms with Gasteiger partial charge in [-0.05, 0) is 51.7 Å². The maximum absolute atomic E-state index is 4.67. The highest BCUT2D eigenvalue weighted by Crippen LogP contribution is 2.25. The van der Waals surface area contributed by atoms with Crippen LogP contribution in [-0.4, -0.2) is 35.9 Å². The summed E-state index contributed by atoms with van der Waals surface area (Å²) in [5.74, 6) is 0. The first-order valence-electron chi connectivity index (χ1n) is 5.52. The molecule has 1 atom stereocenters. The topological polar surface area (TPSA) is 15.3 Å². The molecule has 2 aliphatic rings. The lowest BCUT2D eigenvalue weighted by molar-refractivity contribution is 0.120. The van der Waals surface area contributed by atoms with Gasteiger partial charge in [-0.3, -0.25) is 4.90 Å². The molecule has 0 aromatic heterocycles. The lowest BCUT2D eigenvalue weighted by Crippen LogP contribution is -2.48. The van der Waals surface area contributed by atoms with Gasteiger partial charge in [-0.2, -0.15) is 12.6 Å². The monoisotopic (exact) mass is 200 g/mol. The first kappa shape index (κ1) is 9.81. The molecule has 2 rings (SSSR count). The maximum Gasteiger partial charge on any atom is 0.0530 e. The number of nitrogens with zero attached hydrogens (tertiary/aromatic N) is 1. The van der Waals surface area contributed by atoms with Gasteiger partial charge in [0.15, 0.2) is 0 Å². The second kappa shape index (κ2) is 4.67. The molecule has 0 saturated carbocycles. The van der Waals surface area contributed by atoms with Crippen molar-refractivity contribution >= 4 is 12.6 Å². The molecular formula is C10H20N2S. The zero-order valence-electron chi connectivity index (χ0n) is 8.21. The Hall–Kier alpha value is 0.270. The normalized spacial score (nSPS) is 33.5. The smallest absolute Gasteiger partial charge is 0.0530 e. The summed E-state index contributed by atoms with van der Waals surface area (Å²) in [5, 5.41) is 3.96. The number of rotatable bonds is 1. The Labute approximate surface area is 86.5 Å². The number of piperidine rings is 2. The molecule has 0 bridgehead atoms. The number of nitrogens with one attached hydrogen (secondary N) is 1. The zero-order valence-corrected chi connectivity index (χ0v) is 9.10. The molecule has 2 nitrogen and oxygen atoms in total. The van der Waals surface area contributed by atoms with Crippen LogP contribution in [0.3, 0.4) is 0 Å². The standard InChI is InChI=1S/C10H20N2S/c13-10-3-1-2-8-12(10)9-4-6-11-7-5-9/h9-11,13H,1-8H2. The molecule has 0 aromatic rings. The number of thiol groups is 1. The fourth-order valence-corrected chi connectivity index (χ4v) is 2.99. The van der Waals surface area contributed by atoms with Gasteiger partial charge in [0, 0.05) is 6.04 Å². The minimum atomic E-state index is 0.539. The van der Waals surface area contributed by atoms with Gasteiger partial charge in [0.25, 0.3) is 0 Å². The average molecular weight is 200 g/mol. The van der Waals surface area contributed by atoms with Crippen molar-refractivity contribution in [3.8, 4) is 0 Å². The molecule has 0 aromatic carbocycles. The van der Waals surface area contributed by atoms with Crippen molar-refractivity contribution in [1.82, 2.24) is 10.2 Å². The minimum Gasteiger partial charge on any atom is -0.317 e. The van der Waals surface area contributed by atoms with Crippen LogP contribution in [0.2, 0.25) is 0 Å². The van der Waals surface area contributed by atoms with Crippen LogP contribution in [0.1, 0.15) is 32.1 Å². The van der Waals surface area contributed by atoms with E-state index in [0.29, 0.717) is 5.37 Å². The first-order chi connectivity index (χ1) is 6.38. The van der Waals surface area contributed by atoms with Crippen LogP contribution in [-0.2, 0) is 0 Å². The molecule has 13 heavy (non-hydrogen) atoms. The first-order valence-corrected chi connectivity index (χ1v) is 6.04. The Morgan fingerprint density at radius 1 is 1.08 bits per heavy atom. The number of likely N-dealkylation sites (tertiary alicyclic amines) is 1. The van der Waals surface area contributed by atoms with E-state index in [4.69, 9.17) is 0 Å². The summed E-state index contributed by atoms with van der Waals surface area (Å²) in [5.41, 5.74) is 0. The maximum atomic E-state index is 4.67. The quantitative estimate of drug-likeness (QED) is 0.623. The van der Waals surface area contributed by atoms with E-state index in [0.717, 1.165) is 6.04 Å². The van der Waals surface area contributed by atoms with E-state index in [1.807, 2.05) is 0 Å². The van der Waals surface area contributed by atoms with Crippen molar-refractivity contribution in [2.24, 2.45) is 0 Å². The molecule has 2 fully saturated rings. The molecule has 2 heterocycles. The SMILES string of the molecule is SC1CCCCN1C1CCNCC1. The second-order valence-electron chi connectivity index (χ2n) is 4.20. The van der Waals surface area contributed by atoms with Gasteiger partial charge >= 0.3 is 0 Å². The van der Waals surface area contributed by atoms with Crippen LogP contribution in [0.5, 0.6) is 0 Å². The highest BCUT2D eigenvalue weighted by Gasteiger charge is 2.27. The van der Waals surface area contributed by atoms with Gasteiger partial charge in [-0.25, -0.2) is 0 Å². The summed E-state index contributed by atoms with van der Waals surface area (Å²) in [4.78, 5) is 2.62. The molecule has 2 aliphatic heterocycles. The lowest BCUT2D eigenvalue weighted by atomic mass is 10.0. The third-order valence-corrected chi connectivity index (χ3v) is 3.84. The van der Waals surface area contributed by atoms with E-state index in [1.165, 1.54) is 51.7 Å². The van der Waals surface area contributed by atoms with Crippen LogP contribution < -0.4 is 5.32 Å². The molecule has 0 spiro atoms. The highest BCUT2D eigenvalue weighted by atomic mass is 32.1. The van der Waals surface area contributed by atoms with Gasteiger partial charge in [-0.15, -0.1) is 0 Å². The van der Waals surface area contributed by atoms with E-state index >= 15 is 0 Å². The summed E-state index contributed by atoms with van der Waals surface area (Å²) >= 11 is 4.67. The van der Waals surface area contributed by atoms with E-state index in [-0.39, 0.29) is 0 Å². The van der Waals surface area contributed by atoms with Crippen molar-refractivity contribution in [3.05, 3.63) is 0 Å². The molecule has 1 N–H and O–H groups in total. The van der Waals surface area contributed by atoms with E-state index in [2.05, 4.69) is 22.8 Å². The van der Waals surface area contributed by atoms with E-state index < -0.39 is 0 Å². The molecule has 0 amide bonds. The zero-order chi connectivity index (χ0) is 9.10. The van der Waals surface area contributed by atoms with Crippen molar-refractivity contribution in [2.45, 2.75) is 43.5 Å². The lowest BCUT2D eigenvalue weighted by Gasteiger charge is -2.40. The van der Waals surface area contributed by atoms with Crippen molar-refractivity contribution < 1.29 is 0 Å². The van der Waals surface area contributed by atoms with Gasteiger partial charge in [0.1, 0.15) is 0 Å². The average Bonchev–Trinajstić information content (AvgIpc) is 2.20. The van der Waals surface area contributed by atoms with Crippen LogP contribution >= 0.6 is 12.6 Å². The third-order valence-electron chi connectivity index (χ3n) is 3.29. The molecule has 0 radical (unpaired) electrons. The van der Waals surface area contributed by atoms with E-state index in [1.54, 1.807) is 0 Å². The molecular weight excluding hydrogens is 180 g/mol. The Morgan fingerprint density at radius 3 is 2.54 bits per heavy atom. The third kappa shape index (κ3) is 2.39. The van der Waals surface area contributed by atoms with Crippen LogP contribution in [0, 0.1) is 0 Å². The Morgan fingerprint density at radius 2 is 1.85 bits per heavy atom. The largest absolute Gasteiger partial charge is 0.317 e. The summed E-state index contributed by atoms with van der Waals surface area (Å²) in [6.45, 7) is 3.67. The van der Waals surface area contributed by atoms with Crippen molar-refractivity contribution in [1.29, 1.82) is 0 Å². The highest BCUT2D eigenvalue weighted by molar-refractivity contribution is 7.80. The fourth-order valence-electron chi connectivity index (χ4n) is 2.50. The second-order valence-corrected chi connectivity index (χ2v) is 4.79. The van der Waals surface area contributed by atoms with Crippen molar-refractivity contribution in [3.63, 3.8) is 0 Å². The Bertz CT molecular complexity index is 157. The van der Waals surface area contributed by atoms with E-state index in [9.17, 15) is 0 Å². The summed E-state index contributed by atoms with van der Waals surface area (Å²) in [6, 6.07) is 0.809. The molecule has 76 valence electrons. The minimum absolute atomic E-state index is 0.539. The summed E-state index contributed by atoms with van der Waals surface area (Å²) < 4.78 is 0. The summed E-state index contributed by atoms with van der Waals surface area (Å²) in [6.07, 6.45) is 6.66. The molecule has 1 unspecified atom stereocenters. The Balaban J connectivity index is 1.88. The fraction of sp³-hybridized carbons (Fsp3) is 1.00. The number of hydrogen-bond acceptors (Lipinski definition) is 3. The molecule has 2 saturated heterocycles. The van der Waals surface area contributed by atoms with Crippen LogP contribution in [0.15, 0.2) is 0 Å². The van der Waals surface area contributed by atoms with Gasteiger partial charge in [0.05, 0.1) is 5.37 Å². The van der Waals surface area contributed by atoms with Crippen molar-refractivity contribution in [2.75, 3.05) is 19.6 Å². The van der Waals surface area contributed by atoms with Crippen LogP contribution in [0.4, 0.5) is 0 Å². The number of hydrogen-bond donors (Lipinski definition) is 2. The Kier molecular flexibility index (Phi) is 3.52. The molecule has 0 aliphatic carbocycles. The predicted octanol–water partition coefficient (Wildman–Crippen LogP) is 1.48. The molecule has 3 heteroatoms. The van der Waals surface area contributed by atoms with Gasteiger partial charge in [-0.1, -0.05) is 0 Å². The van der Waals surface area contributed by atoms with Crippen LogP contribution in [0.25, 0.3) is 0 Å². The predicted molar refractivity (Wildman–Crippen MR) is 59.2 cm³/mol.